The lowest BCUT2D eigenvalue weighted by molar-refractivity contribution is 0.399. The molecule has 1 aromatic carbocycles. The van der Waals surface area contributed by atoms with Gasteiger partial charge in [0.25, 0.3) is 0 Å². The van der Waals surface area contributed by atoms with E-state index in [0.717, 1.165) is 5.56 Å². The minimum absolute atomic E-state index is 0.247. The zero-order valence-corrected chi connectivity index (χ0v) is 12.2. The minimum atomic E-state index is -1.40. The van der Waals surface area contributed by atoms with Gasteiger partial charge in [-0.2, -0.15) is 0 Å². The molecule has 0 N–H and O–H groups in total. The number of aryl methyl sites for hydroxylation is 1. The van der Waals surface area contributed by atoms with Crippen LogP contribution in [0.1, 0.15) is 37.7 Å². The van der Waals surface area contributed by atoms with Crippen LogP contribution in [0.4, 0.5) is 0 Å². The molecule has 0 spiro atoms. The van der Waals surface area contributed by atoms with E-state index in [9.17, 15) is 4.21 Å². The standard InChI is InChI=1S/C16H20O2S/c1-14-9-11-16(12-10-14)19(17)18-13-5-8-15-6-3-2-4-7-15/h9-12,15H,2-4,6-7,13H2,1H3/t19-/m0/s1. The van der Waals surface area contributed by atoms with Gasteiger partial charge < -0.3 is 0 Å². The molecule has 19 heavy (non-hydrogen) atoms. The van der Waals surface area contributed by atoms with Gasteiger partial charge in [-0.25, -0.2) is 4.21 Å². The first-order valence-electron chi connectivity index (χ1n) is 6.86. The van der Waals surface area contributed by atoms with Crippen molar-refractivity contribution >= 4 is 11.1 Å². The lowest BCUT2D eigenvalue weighted by atomic mass is 9.90. The van der Waals surface area contributed by atoms with Crippen molar-refractivity contribution in [3.63, 3.8) is 0 Å². The van der Waals surface area contributed by atoms with Gasteiger partial charge in [-0.05, 0) is 31.9 Å². The molecule has 0 saturated heterocycles. The molecule has 2 nitrogen and oxygen atoms in total. The molecule has 1 saturated carbocycles. The van der Waals surface area contributed by atoms with Crippen molar-refractivity contribution in [2.75, 3.05) is 6.61 Å². The van der Waals surface area contributed by atoms with Crippen LogP contribution in [0.25, 0.3) is 0 Å². The first-order valence-corrected chi connectivity index (χ1v) is 7.93. The van der Waals surface area contributed by atoms with Gasteiger partial charge in [0, 0.05) is 5.92 Å². The van der Waals surface area contributed by atoms with Crippen molar-refractivity contribution in [2.24, 2.45) is 5.92 Å². The van der Waals surface area contributed by atoms with Gasteiger partial charge in [-0.15, -0.1) is 0 Å². The highest BCUT2D eigenvalue weighted by atomic mass is 32.2. The van der Waals surface area contributed by atoms with Crippen LogP contribution >= 0.6 is 0 Å². The number of benzene rings is 1. The lowest BCUT2D eigenvalue weighted by Gasteiger charge is -2.15. The molecule has 2 rings (SSSR count). The molecular weight excluding hydrogens is 256 g/mol. The quantitative estimate of drug-likeness (QED) is 0.788. The van der Waals surface area contributed by atoms with Crippen LogP contribution in [-0.2, 0) is 15.3 Å². The predicted molar refractivity (Wildman–Crippen MR) is 77.9 cm³/mol. The van der Waals surface area contributed by atoms with E-state index in [2.05, 4.69) is 11.8 Å². The molecule has 1 fully saturated rings. The Morgan fingerprint density at radius 3 is 2.58 bits per heavy atom. The molecule has 0 radical (unpaired) electrons. The summed E-state index contributed by atoms with van der Waals surface area (Å²) in [6, 6.07) is 7.54. The molecule has 0 bridgehead atoms. The van der Waals surface area contributed by atoms with Crippen molar-refractivity contribution in [3.8, 4) is 11.8 Å². The van der Waals surface area contributed by atoms with Gasteiger partial charge in [-0.1, -0.05) is 48.8 Å². The molecule has 0 aliphatic heterocycles. The van der Waals surface area contributed by atoms with E-state index in [1.165, 1.54) is 32.1 Å². The Morgan fingerprint density at radius 2 is 1.89 bits per heavy atom. The molecule has 0 unspecified atom stereocenters. The van der Waals surface area contributed by atoms with Gasteiger partial charge in [0.15, 0.2) is 11.1 Å². The van der Waals surface area contributed by atoms with Crippen LogP contribution in [0.2, 0.25) is 0 Å². The van der Waals surface area contributed by atoms with Crippen molar-refractivity contribution < 1.29 is 8.39 Å². The summed E-state index contributed by atoms with van der Waals surface area (Å²) in [6.07, 6.45) is 6.32. The van der Waals surface area contributed by atoms with Crippen LogP contribution < -0.4 is 0 Å². The third kappa shape index (κ3) is 4.81. The maximum atomic E-state index is 11.8. The Bertz CT molecular complexity index is 476. The van der Waals surface area contributed by atoms with Crippen molar-refractivity contribution in [3.05, 3.63) is 29.8 Å². The second-order valence-corrected chi connectivity index (χ2v) is 6.14. The second kappa shape index (κ2) is 7.47. The monoisotopic (exact) mass is 276 g/mol. The van der Waals surface area contributed by atoms with Gasteiger partial charge in [0.2, 0.25) is 0 Å². The predicted octanol–water partition coefficient (Wildman–Crippen LogP) is 3.62. The molecule has 102 valence electrons. The maximum Gasteiger partial charge on any atom is 0.190 e. The molecule has 1 atom stereocenters. The van der Waals surface area contributed by atoms with E-state index in [4.69, 9.17) is 4.18 Å². The number of rotatable bonds is 3. The van der Waals surface area contributed by atoms with Gasteiger partial charge in [-0.3, -0.25) is 4.18 Å². The Hall–Kier alpha value is -1.11. The molecule has 1 aromatic rings. The van der Waals surface area contributed by atoms with E-state index < -0.39 is 11.1 Å². The first-order chi connectivity index (χ1) is 9.25. The third-order valence-corrected chi connectivity index (χ3v) is 4.35. The average Bonchev–Trinajstić information content (AvgIpc) is 2.45. The first kappa shape index (κ1) is 14.3. The summed E-state index contributed by atoms with van der Waals surface area (Å²) in [5.74, 6) is 6.75. The van der Waals surface area contributed by atoms with E-state index in [0.29, 0.717) is 10.8 Å². The summed E-state index contributed by atoms with van der Waals surface area (Å²) in [7, 11) is 0. The average molecular weight is 276 g/mol. The van der Waals surface area contributed by atoms with Gasteiger partial charge in [0.1, 0.15) is 6.61 Å². The zero-order valence-electron chi connectivity index (χ0n) is 11.4. The smallest absolute Gasteiger partial charge is 0.190 e. The van der Waals surface area contributed by atoms with Crippen molar-refractivity contribution in [2.45, 2.75) is 43.9 Å². The van der Waals surface area contributed by atoms with E-state index >= 15 is 0 Å². The Kier molecular flexibility index (Phi) is 5.62. The largest absolute Gasteiger partial charge is 0.274 e. The lowest BCUT2D eigenvalue weighted by Crippen LogP contribution is -2.04. The van der Waals surface area contributed by atoms with Gasteiger partial charge in [0.05, 0.1) is 4.90 Å². The minimum Gasteiger partial charge on any atom is -0.274 e. The van der Waals surface area contributed by atoms with Crippen LogP contribution in [0.3, 0.4) is 0 Å². The molecule has 0 amide bonds. The Labute approximate surface area is 118 Å². The molecule has 0 aromatic heterocycles. The molecule has 0 heterocycles. The maximum absolute atomic E-state index is 11.8. The van der Waals surface area contributed by atoms with Gasteiger partial charge >= 0.3 is 0 Å². The fourth-order valence-corrected chi connectivity index (χ4v) is 2.89. The van der Waals surface area contributed by atoms with Crippen LogP contribution in [0.15, 0.2) is 29.2 Å². The number of hydrogen-bond acceptors (Lipinski definition) is 2. The van der Waals surface area contributed by atoms with E-state index in [1.807, 2.05) is 31.2 Å². The fraction of sp³-hybridized carbons (Fsp3) is 0.500. The summed E-state index contributed by atoms with van der Waals surface area (Å²) in [6.45, 7) is 2.25. The molecule has 3 heteroatoms. The van der Waals surface area contributed by atoms with Crippen molar-refractivity contribution in [1.82, 2.24) is 0 Å². The highest BCUT2D eigenvalue weighted by Gasteiger charge is 2.09. The zero-order chi connectivity index (χ0) is 13.5. The summed E-state index contributed by atoms with van der Waals surface area (Å²) in [5.41, 5.74) is 1.15. The highest BCUT2D eigenvalue weighted by Crippen LogP contribution is 2.22. The van der Waals surface area contributed by atoms with Crippen molar-refractivity contribution in [1.29, 1.82) is 0 Å². The summed E-state index contributed by atoms with van der Waals surface area (Å²) in [5, 5.41) is 0. The summed E-state index contributed by atoms with van der Waals surface area (Å²) in [4.78, 5) is 0.699. The molecule has 1 aliphatic carbocycles. The molecular formula is C16H20O2S. The fourth-order valence-electron chi connectivity index (χ4n) is 2.23. The SMILES string of the molecule is Cc1ccc([S@@](=O)OCC#CC2CCCCC2)cc1. The normalized spacial score (nSPS) is 17.5. The van der Waals surface area contributed by atoms with Crippen LogP contribution in [0, 0.1) is 24.7 Å². The summed E-state index contributed by atoms with van der Waals surface area (Å²) < 4.78 is 17.1. The highest BCUT2D eigenvalue weighted by molar-refractivity contribution is 7.80. The summed E-state index contributed by atoms with van der Waals surface area (Å²) >= 11 is -1.40. The Balaban J connectivity index is 1.77. The van der Waals surface area contributed by atoms with E-state index in [1.54, 1.807) is 0 Å². The second-order valence-electron chi connectivity index (χ2n) is 4.97. The van der Waals surface area contributed by atoms with Crippen LogP contribution in [0.5, 0.6) is 0 Å². The third-order valence-electron chi connectivity index (χ3n) is 3.36. The Morgan fingerprint density at radius 1 is 1.21 bits per heavy atom. The number of hydrogen-bond donors (Lipinski definition) is 0. The molecule has 1 aliphatic rings. The topological polar surface area (TPSA) is 26.3 Å². The van der Waals surface area contributed by atoms with E-state index in [-0.39, 0.29) is 6.61 Å². The van der Waals surface area contributed by atoms with Crippen LogP contribution in [-0.4, -0.2) is 10.8 Å².